The Morgan fingerprint density at radius 3 is 2.79 bits per heavy atom. The molecule has 0 spiro atoms. The van der Waals surface area contributed by atoms with E-state index in [9.17, 15) is 4.39 Å². The maximum Gasteiger partial charge on any atom is 0.131 e. The van der Waals surface area contributed by atoms with Crippen LogP contribution in [0.1, 0.15) is 44.7 Å². The molecule has 1 rings (SSSR count). The summed E-state index contributed by atoms with van der Waals surface area (Å²) in [5.41, 5.74) is 0.687. The van der Waals surface area contributed by atoms with Crippen molar-refractivity contribution in [2.75, 3.05) is 13.7 Å². The van der Waals surface area contributed by atoms with E-state index in [1.807, 2.05) is 6.92 Å². The first-order valence-corrected chi connectivity index (χ1v) is 6.69. The van der Waals surface area contributed by atoms with Crippen LogP contribution in [0.15, 0.2) is 18.2 Å². The van der Waals surface area contributed by atoms with Crippen LogP contribution < -0.4 is 10.1 Å². The predicted molar refractivity (Wildman–Crippen MR) is 76.7 cm³/mol. The predicted octanol–water partition coefficient (Wildman–Crippen LogP) is 3.68. The minimum absolute atomic E-state index is 0.00621. The minimum Gasteiger partial charge on any atom is -0.497 e. The van der Waals surface area contributed by atoms with Gasteiger partial charge >= 0.3 is 0 Å². The van der Waals surface area contributed by atoms with E-state index in [0.29, 0.717) is 11.3 Å². The zero-order valence-electron chi connectivity index (χ0n) is 11.9. The number of halogens is 1. The van der Waals surface area contributed by atoms with Crippen molar-refractivity contribution in [3.05, 3.63) is 29.6 Å². The second-order valence-corrected chi connectivity index (χ2v) is 4.36. The van der Waals surface area contributed by atoms with E-state index >= 15 is 0 Å². The molecule has 104 valence electrons. The molecule has 19 heavy (non-hydrogen) atoms. The molecule has 0 heterocycles. The molecule has 0 aliphatic heterocycles. The van der Waals surface area contributed by atoms with Crippen molar-refractivity contribution >= 4 is 0 Å². The fraction of sp³-hybridized carbons (Fsp3) is 0.500. The number of ether oxygens (including phenoxy) is 1. The number of hydrogen-bond donors (Lipinski definition) is 1. The van der Waals surface area contributed by atoms with Crippen LogP contribution in [0, 0.1) is 17.7 Å². The molecule has 0 fully saturated rings. The Hall–Kier alpha value is -1.53. The molecule has 0 saturated heterocycles. The number of benzene rings is 1. The Labute approximate surface area is 115 Å². The van der Waals surface area contributed by atoms with Crippen LogP contribution in [-0.2, 0) is 0 Å². The fourth-order valence-corrected chi connectivity index (χ4v) is 1.95. The lowest BCUT2D eigenvalue weighted by Gasteiger charge is -2.19. The van der Waals surface area contributed by atoms with E-state index in [0.717, 1.165) is 25.8 Å². The second-order valence-electron chi connectivity index (χ2n) is 4.36. The van der Waals surface area contributed by atoms with E-state index in [2.05, 4.69) is 24.1 Å². The molecule has 0 radical (unpaired) electrons. The van der Waals surface area contributed by atoms with E-state index < -0.39 is 0 Å². The van der Waals surface area contributed by atoms with Gasteiger partial charge < -0.3 is 10.1 Å². The Balaban J connectivity index is 2.84. The molecule has 0 aliphatic carbocycles. The summed E-state index contributed by atoms with van der Waals surface area (Å²) in [7, 11) is 1.54. The largest absolute Gasteiger partial charge is 0.497 e. The first-order valence-electron chi connectivity index (χ1n) is 6.69. The average molecular weight is 263 g/mol. The van der Waals surface area contributed by atoms with Crippen LogP contribution in [0.2, 0.25) is 0 Å². The highest BCUT2D eigenvalue weighted by molar-refractivity contribution is 5.31. The zero-order chi connectivity index (χ0) is 14.1. The Bertz CT molecular complexity index is 448. The lowest BCUT2D eigenvalue weighted by molar-refractivity contribution is 0.408. The van der Waals surface area contributed by atoms with E-state index in [4.69, 9.17) is 4.74 Å². The first kappa shape index (κ1) is 15.5. The van der Waals surface area contributed by atoms with Gasteiger partial charge in [-0.15, -0.1) is 11.8 Å². The van der Waals surface area contributed by atoms with E-state index in [-0.39, 0.29) is 11.9 Å². The van der Waals surface area contributed by atoms with Gasteiger partial charge in [-0.25, -0.2) is 4.39 Å². The third-order valence-corrected chi connectivity index (χ3v) is 2.96. The molecule has 0 bridgehead atoms. The van der Waals surface area contributed by atoms with Gasteiger partial charge in [0.2, 0.25) is 0 Å². The van der Waals surface area contributed by atoms with Crippen LogP contribution in [0.3, 0.4) is 0 Å². The molecular formula is C16H22FNO. The SMILES string of the molecule is CC#CCCC(NCCC)c1ccc(OC)cc1F. The lowest BCUT2D eigenvalue weighted by atomic mass is 10.0. The molecule has 0 amide bonds. The molecule has 1 aromatic rings. The zero-order valence-corrected chi connectivity index (χ0v) is 11.9. The van der Waals surface area contributed by atoms with Gasteiger partial charge in [0.15, 0.2) is 0 Å². The summed E-state index contributed by atoms with van der Waals surface area (Å²) in [4.78, 5) is 0. The molecule has 2 nitrogen and oxygen atoms in total. The van der Waals surface area contributed by atoms with Crippen molar-refractivity contribution < 1.29 is 9.13 Å². The fourth-order valence-electron chi connectivity index (χ4n) is 1.95. The maximum absolute atomic E-state index is 14.1. The molecule has 1 atom stereocenters. The molecule has 0 aromatic heterocycles. The van der Waals surface area contributed by atoms with Gasteiger partial charge in [-0.3, -0.25) is 0 Å². The van der Waals surface area contributed by atoms with Gasteiger partial charge in [-0.2, -0.15) is 0 Å². The quantitative estimate of drug-likeness (QED) is 0.758. The third-order valence-electron chi connectivity index (χ3n) is 2.96. The number of nitrogens with one attached hydrogen (secondary N) is 1. The van der Waals surface area contributed by atoms with Crippen molar-refractivity contribution in [2.45, 2.75) is 39.2 Å². The molecule has 1 aromatic carbocycles. The Morgan fingerprint density at radius 1 is 1.42 bits per heavy atom. The maximum atomic E-state index is 14.1. The Morgan fingerprint density at radius 2 is 2.21 bits per heavy atom. The smallest absolute Gasteiger partial charge is 0.131 e. The summed E-state index contributed by atoms with van der Waals surface area (Å²) in [5, 5.41) is 3.37. The third kappa shape index (κ3) is 4.92. The van der Waals surface area contributed by atoms with Gasteiger partial charge in [0.05, 0.1) is 7.11 Å². The number of methoxy groups -OCH3 is 1. The summed E-state index contributed by atoms with van der Waals surface area (Å²) in [6.07, 6.45) is 2.60. The molecule has 0 saturated carbocycles. The van der Waals surface area contributed by atoms with Crippen LogP contribution in [0.5, 0.6) is 5.75 Å². The van der Waals surface area contributed by atoms with E-state index in [1.165, 1.54) is 13.2 Å². The molecular weight excluding hydrogens is 241 g/mol. The number of hydrogen-bond acceptors (Lipinski definition) is 2. The highest BCUT2D eigenvalue weighted by Gasteiger charge is 2.15. The molecule has 1 unspecified atom stereocenters. The van der Waals surface area contributed by atoms with Gasteiger partial charge in [0, 0.05) is 24.1 Å². The Kier molecular flexibility index (Phi) is 6.99. The minimum atomic E-state index is -0.225. The van der Waals surface area contributed by atoms with Gasteiger partial charge in [0.1, 0.15) is 11.6 Å². The highest BCUT2D eigenvalue weighted by atomic mass is 19.1. The van der Waals surface area contributed by atoms with Gasteiger partial charge in [0.25, 0.3) is 0 Å². The van der Waals surface area contributed by atoms with Crippen LogP contribution in [0.25, 0.3) is 0 Å². The highest BCUT2D eigenvalue weighted by Crippen LogP contribution is 2.25. The standard InChI is InChI=1S/C16H22FNO/c1-4-6-7-8-16(18-11-5-2)14-10-9-13(19-3)12-15(14)17/h9-10,12,16,18H,5,7-8,11H2,1-3H3. The first-order chi connectivity index (χ1) is 9.22. The van der Waals surface area contributed by atoms with Gasteiger partial charge in [-0.05, 0) is 32.4 Å². The summed E-state index contributed by atoms with van der Waals surface area (Å²) in [5.74, 6) is 6.22. The average Bonchev–Trinajstić information content (AvgIpc) is 2.43. The van der Waals surface area contributed by atoms with Crippen LogP contribution in [0.4, 0.5) is 4.39 Å². The van der Waals surface area contributed by atoms with Crippen molar-refractivity contribution in [2.24, 2.45) is 0 Å². The van der Waals surface area contributed by atoms with Crippen molar-refractivity contribution in [3.63, 3.8) is 0 Å². The summed E-state index contributed by atoms with van der Waals surface area (Å²) in [6, 6.07) is 5.03. The monoisotopic (exact) mass is 263 g/mol. The van der Waals surface area contributed by atoms with Crippen LogP contribution in [-0.4, -0.2) is 13.7 Å². The lowest BCUT2D eigenvalue weighted by Crippen LogP contribution is -2.23. The normalized spacial score (nSPS) is 11.6. The number of rotatable bonds is 7. The molecule has 0 aliphatic rings. The van der Waals surface area contributed by atoms with Crippen LogP contribution >= 0.6 is 0 Å². The summed E-state index contributed by atoms with van der Waals surface area (Å²) >= 11 is 0. The van der Waals surface area contributed by atoms with Crippen molar-refractivity contribution in [1.82, 2.24) is 5.32 Å². The van der Waals surface area contributed by atoms with Crippen molar-refractivity contribution in [1.29, 1.82) is 0 Å². The van der Waals surface area contributed by atoms with Gasteiger partial charge in [-0.1, -0.05) is 13.0 Å². The van der Waals surface area contributed by atoms with E-state index in [1.54, 1.807) is 12.1 Å². The molecule has 1 N–H and O–H groups in total. The molecule has 3 heteroatoms. The topological polar surface area (TPSA) is 21.3 Å². The summed E-state index contributed by atoms with van der Waals surface area (Å²) < 4.78 is 19.1. The summed E-state index contributed by atoms with van der Waals surface area (Å²) in [6.45, 7) is 4.79. The van der Waals surface area contributed by atoms with Crippen molar-refractivity contribution in [3.8, 4) is 17.6 Å². The second kappa shape index (κ2) is 8.55.